The van der Waals surface area contributed by atoms with E-state index in [-0.39, 0.29) is 24.1 Å². The highest BCUT2D eigenvalue weighted by Crippen LogP contribution is 2.27. The minimum atomic E-state index is -0.339. The van der Waals surface area contributed by atoms with Crippen molar-refractivity contribution in [3.05, 3.63) is 29.3 Å². The van der Waals surface area contributed by atoms with Gasteiger partial charge < -0.3 is 9.47 Å². The van der Waals surface area contributed by atoms with Gasteiger partial charge >= 0.3 is 5.97 Å². The van der Waals surface area contributed by atoms with Gasteiger partial charge in [0.2, 0.25) is 0 Å². The Morgan fingerprint density at radius 2 is 1.89 bits per heavy atom. The van der Waals surface area contributed by atoms with Gasteiger partial charge in [-0.3, -0.25) is 0 Å². The number of ether oxygens (including phenoxy) is 2. The lowest BCUT2D eigenvalue weighted by molar-refractivity contribution is -0.149. The number of carbonyl (C=O) groups is 1. The highest BCUT2D eigenvalue weighted by molar-refractivity contribution is 5.71. The molecule has 1 rings (SSSR count). The zero-order valence-electron chi connectivity index (χ0n) is 12.7. The van der Waals surface area contributed by atoms with E-state index >= 15 is 0 Å². The average Bonchev–Trinajstić information content (AvgIpc) is 2.25. The van der Waals surface area contributed by atoms with Crippen molar-refractivity contribution < 1.29 is 14.3 Å². The van der Waals surface area contributed by atoms with Crippen LogP contribution in [0.2, 0.25) is 0 Å². The molecule has 0 aromatic heterocycles. The minimum Gasteiger partial charge on any atom is -0.482 e. The molecule has 0 amide bonds. The van der Waals surface area contributed by atoms with Crippen LogP contribution in [0.4, 0.5) is 0 Å². The van der Waals surface area contributed by atoms with E-state index in [0.717, 1.165) is 11.3 Å². The van der Waals surface area contributed by atoms with Crippen molar-refractivity contribution in [1.82, 2.24) is 0 Å². The molecule has 0 heterocycles. The molecule has 0 aliphatic carbocycles. The van der Waals surface area contributed by atoms with Gasteiger partial charge in [0.05, 0.1) is 6.10 Å². The van der Waals surface area contributed by atoms with Gasteiger partial charge in [-0.15, -0.1) is 0 Å². The lowest BCUT2D eigenvalue weighted by Crippen LogP contribution is -2.19. The normalized spacial score (nSPS) is 11.5. The smallest absolute Gasteiger partial charge is 0.344 e. The zero-order valence-corrected chi connectivity index (χ0v) is 12.7. The fourth-order valence-electron chi connectivity index (χ4n) is 1.71. The second kappa shape index (κ2) is 6.09. The monoisotopic (exact) mass is 264 g/mol. The van der Waals surface area contributed by atoms with Crippen LogP contribution < -0.4 is 4.74 Å². The van der Waals surface area contributed by atoms with Crippen LogP contribution in [-0.4, -0.2) is 18.7 Å². The molecule has 0 aliphatic rings. The van der Waals surface area contributed by atoms with E-state index in [4.69, 9.17) is 9.47 Å². The first-order chi connectivity index (χ1) is 8.70. The molecule has 0 bridgehead atoms. The van der Waals surface area contributed by atoms with E-state index in [2.05, 4.69) is 26.8 Å². The molecule has 0 saturated carbocycles. The Balaban J connectivity index is 2.68. The van der Waals surface area contributed by atoms with Gasteiger partial charge in [-0.1, -0.05) is 32.9 Å². The van der Waals surface area contributed by atoms with Gasteiger partial charge in [-0.25, -0.2) is 4.79 Å². The molecule has 0 atom stereocenters. The summed E-state index contributed by atoms with van der Waals surface area (Å²) in [4.78, 5) is 11.4. The zero-order chi connectivity index (χ0) is 14.6. The summed E-state index contributed by atoms with van der Waals surface area (Å²) < 4.78 is 10.5. The maximum absolute atomic E-state index is 11.4. The molecule has 0 fully saturated rings. The summed E-state index contributed by atoms with van der Waals surface area (Å²) >= 11 is 0. The number of hydrogen-bond donors (Lipinski definition) is 0. The Morgan fingerprint density at radius 1 is 1.26 bits per heavy atom. The molecule has 3 nitrogen and oxygen atoms in total. The summed E-state index contributed by atoms with van der Waals surface area (Å²) in [6.07, 6.45) is -0.111. The SMILES string of the molecule is Cc1cc(C(C)(C)C)ccc1OCC(=O)OC(C)C. The Labute approximate surface area is 115 Å². The second-order valence-corrected chi connectivity index (χ2v) is 6.06. The summed E-state index contributed by atoms with van der Waals surface area (Å²) in [5, 5.41) is 0. The van der Waals surface area contributed by atoms with Crippen LogP contribution >= 0.6 is 0 Å². The number of benzene rings is 1. The second-order valence-electron chi connectivity index (χ2n) is 6.06. The molecule has 0 saturated heterocycles. The molecular weight excluding hydrogens is 240 g/mol. The topological polar surface area (TPSA) is 35.5 Å². The van der Waals surface area contributed by atoms with E-state index in [1.165, 1.54) is 5.56 Å². The molecule has 1 aromatic rings. The van der Waals surface area contributed by atoms with E-state index in [9.17, 15) is 4.79 Å². The standard InChI is InChI=1S/C16H24O3/c1-11(2)19-15(17)10-18-14-8-7-13(9-12(14)3)16(4,5)6/h7-9,11H,10H2,1-6H3. The summed E-state index contributed by atoms with van der Waals surface area (Å²) in [7, 11) is 0. The maximum Gasteiger partial charge on any atom is 0.344 e. The van der Waals surface area contributed by atoms with Crippen molar-refractivity contribution in [2.45, 2.75) is 53.1 Å². The minimum absolute atomic E-state index is 0.0477. The number of hydrogen-bond acceptors (Lipinski definition) is 3. The van der Waals surface area contributed by atoms with Crippen LogP contribution in [0.25, 0.3) is 0 Å². The third-order valence-electron chi connectivity index (χ3n) is 2.75. The lowest BCUT2D eigenvalue weighted by atomic mass is 9.86. The summed E-state index contributed by atoms with van der Waals surface area (Å²) in [5.74, 6) is 0.392. The predicted molar refractivity (Wildman–Crippen MR) is 76.6 cm³/mol. The fraction of sp³-hybridized carbons (Fsp3) is 0.562. The van der Waals surface area contributed by atoms with E-state index in [1.54, 1.807) is 0 Å². The highest BCUT2D eigenvalue weighted by Gasteiger charge is 2.15. The third-order valence-corrected chi connectivity index (χ3v) is 2.75. The van der Waals surface area contributed by atoms with E-state index in [0.29, 0.717) is 0 Å². The van der Waals surface area contributed by atoms with Gasteiger partial charge in [-0.2, -0.15) is 0 Å². The van der Waals surface area contributed by atoms with Crippen molar-refractivity contribution in [1.29, 1.82) is 0 Å². The van der Waals surface area contributed by atoms with Gasteiger partial charge in [0.1, 0.15) is 5.75 Å². The van der Waals surface area contributed by atoms with Crippen LogP contribution in [0, 0.1) is 6.92 Å². The molecule has 19 heavy (non-hydrogen) atoms. The van der Waals surface area contributed by atoms with Crippen LogP contribution in [0.15, 0.2) is 18.2 Å². The number of rotatable bonds is 4. The molecule has 106 valence electrons. The van der Waals surface area contributed by atoms with Crippen LogP contribution in [0.3, 0.4) is 0 Å². The average molecular weight is 264 g/mol. The fourth-order valence-corrected chi connectivity index (χ4v) is 1.71. The van der Waals surface area contributed by atoms with Gasteiger partial charge in [0, 0.05) is 0 Å². The first-order valence-corrected chi connectivity index (χ1v) is 6.63. The number of esters is 1. The molecule has 3 heteroatoms. The molecule has 0 spiro atoms. The van der Waals surface area contributed by atoms with Gasteiger partial charge in [0.25, 0.3) is 0 Å². The molecule has 0 N–H and O–H groups in total. The van der Waals surface area contributed by atoms with Crippen molar-refractivity contribution >= 4 is 5.97 Å². The number of carbonyl (C=O) groups excluding carboxylic acids is 1. The Hall–Kier alpha value is -1.51. The largest absolute Gasteiger partial charge is 0.482 e. The molecular formula is C16H24O3. The first kappa shape index (κ1) is 15.5. The lowest BCUT2D eigenvalue weighted by Gasteiger charge is -2.20. The predicted octanol–water partition coefficient (Wildman–Crippen LogP) is 3.62. The quantitative estimate of drug-likeness (QED) is 0.779. The van der Waals surface area contributed by atoms with Gasteiger partial charge in [0.15, 0.2) is 6.61 Å². The Morgan fingerprint density at radius 3 is 2.37 bits per heavy atom. The Kier molecular flexibility index (Phi) is 4.98. The maximum atomic E-state index is 11.4. The summed E-state index contributed by atoms with van der Waals surface area (Å²) in [6, 6.07) is 6.05. The summed E-state index contributed by atoms with van der Waals surface area (Å²) in [6.45, 7) is 12.1. The van der Waals surface area contributed by atoms with Crippen LogP contribution in [0.1, 0.15) is 45.7 Å². The molecule has 1 aromatic carbocycles. The molecule has 0 radical (unpaired) electrons. The molecule has 0 aliphatic heterocycles. The van der Waals surface area contributed by atoms with Crippen molar-refractivity contribution in [2.75, 3.05) is 6.61 Å². The van der Waals surface area contributed by atoms with Crippen LogP contribution in [0.5, 0.6) is 5.75 Å². The first-order valence-electron chi connectivity index (χ1n) is 6.63. The number of aryl methyl sites for hydroxylation is 1. The van der Waals surface area contributed by atoms with Crippen molar-refractivity contribution in [2.24, 2.45) is 0 Å². The van der Waals surface area contributed by atoms with Crippen molar-refractivity contribution in [3.8, 4) is 5.75 Å². The Bertz CT molecular complexity index is 442. The third kappa shape index (κ3) is 4.93. The van der Waals surface area contributed by atoms with Crippen molar-refractivity contribution in [3.63, 3.8) is 0 Å². The van der Waals surface area contributed by atoms with E-state index in [1.807, 2.05) is 32.9 Å². The molecule has 0 unspecified atom stereocenters. The van der Waals surface area contributed by atoms with Gasteiger partial charge in [-0.05, 0) is 43.4 Å². The summed E-state index contributed by atoms with van der Waals surface area (Å²) in [5.41, 5.74) is 2.40. The van der Waals surface area contributed by atoms with E-state index < -0.39 is 0 Å². The van der Waals surface area contributed by atoms with Crippen LogP contribution in [-0.2, 0) is 14.9 Å². The highest BCUT2D eigenvalue weighted by atomic mass is 16.6.